The molecule has 0 bridgehead atoms. The van der Waals surface area contributed by atoms with Crippen molar-refractivity contribution in [3.63, 3.8) is 0 Å². The number of aromatic carboxylic acids is 1. The number of halogens is 1. The van der Waals surface area contributed by atoms with Gasteiger partial charge in [0.2, 0.25) is 0 Å². The smallest absolute Gasteiger partial charge is 0.338 e. The van der Waals surface area contributed by atoms with Gasteiger partial charge < -0.3 is 14.8 Å². The Kier molecular flexibility index (Phi) is 3.32. The minimum atomic E-state index is -1.29. The lowest BCUT2D eigenvalue weighted by molar-refractivity contribution is 0.0692. The van der Waals surface area contributed by atoms with Gasteiger partial charge in [-0.1, -0.05) is 0 Å². The molecule has 2 rings (SSSR count). The Bertz CT molecular complexity index is 551. The molecule has 1 heterocycles. The average Bonchev–Trinajstić information content (AvgIpc) is 2.85. The minimum Gasteiger partial charge on any atom is -0.478 e. The summed E-state index contributed by atoms with van der Waals surface area (Å²) in [5, 5.41) is 11.9. The van der Waals surface area contributed by atoms with Crippen LogP contribution in [0.25, 0.3) is 0 Å². The Morgan fingerprint density at radius 1 is 1.44 bits per heavy atom. The molecular formula is C13H12FNO3. The highest BCUT2D eigenvalue weighted by atomic mass is 19.1. The van der Waals surface area contributed by atoms with Crippen molar-refractivity contribution in [1.82, 2.24) is 0 Å². The maximum absolute atomic E-state index is 13.2. The van der Waals surface area contributed by atoms with Gasteiger partial charge in [-0.2, -0.15) is 0 Å². The van der Waals surface area contributed by atoms with Gasteiger partial charge in [0.1, 0.15) is 11.6 Å². The zero-order valence-corrected chi connectivity index (χ0v) is 9.68. The molecule has 1 atom stereocenters. The van der Waals surface area contributed by atoms with Gasteiger partial charge in [-0.05, 0) is 37.3 Å². The number of carbonyl (C=O) groups is 1. The first kappa shape index (κ1) is 12.2. The number of hydrogen-bond donors (Lipinski definition) is 2. The van der Waals surface area contributed by atoms with Crippen molar-refractivity contribution in [3.8, 4) is 0 Å². The monoisotopic (exact) mass is 249 g/mol. The SMILES string of the molecule is CC(Nc1ccc(F)c(C(=O)O)c1)c1ccco1. The van der Waals surface area contributed by atoms with Gasteiger partial charge in [-0.15, -0.1) is 0 Å². The number of furan rings is 1. The Morgan fingerprint density at radius 3 is 2.83 bits per heavy atom. The summed E-state index contributed by atoms with van der Waals surface area (Å²) in [7, 11) is 0. The third kappa shape index (κ3) is 2.51. The van der Waals surface area contributed by atoms with Crippen LogP contribution in [0.15, 0.2) is 41.0 Å². The average molecular weight is 249 g/mol. The Morgan fingerprint density at radius 2 is 2.22 bits per heavy atom. The van der Waals surface area contributed by atoms with Crippen molar-refractivity contribution in [2.75, 3.05) is 5.32 Å². The predicted molar refractivity (Wildman–Crippen MR) is 64.1 cm³/mol. The highest BCUT2D eigenvalue weighted by Gasteiger charge is 2.13. The van der Waals surface area contributed by atoms with Crippen LogP contribution in [0.5, 0.6) is 0 Å². The lowest BCUT2D eigenvalue weighted by atomic mass is 10.1. The molecule has 1 aromatic carbocycles. The third-order valence-electron chi connectivity index (χ3n) is 2.55. The van der Waals surface area contributed by atoms with E-state index >= 15 is 0 Å². The Balaban J connectivity index is 2.20. The molecule has 1 unspecified atom stereocenters. The van der Waals surface area contributed by atoms with Gasteiger partial charge in [0.25, 0.3) is 0 Å². The van der Waals surface area contributed by atoms with Crippen LogP contribution in [0.2, 0.25) is 0 Å². The molecule has 2 aromatic rings. The van der Waals surface area contributed by atoms with Crippen molar-refractivity contribution in [2.45, 2.75) is 13.0 Å². The van der Waals surface area contributed by atoms with Crippen molar-refractivity contribution in [3.05, 3.63) is 53.7 Å². The summed E-state index contributed by atoms with van der Waals surface area (Å²) < 4.78 is 18.4. The quantitative estimate of drug-likeness (QED) is 0.872. The first-order valence-corrected chi connectivity index (χ1v) is 5.40. The van der Waals surface area contributed by atoms with Crippen LogP contribution in [0, 0.1) is 5.82 Å². The molecule has 0 spiro atoms. The fourth-order valence-corrected chi connectivity index (χ4v) is 1.64. The molecule has 0 aliphatic heterocycles. The van der Waals surface area contributed by atoms with Crippen LogP contribution < -0.4 is 5.32 Å². The molecule has 0 radical (unpaired) electrons. The van der Waals surface area contributed by atoms with Crippen LogP contribution in [-0.4, -0.2) is 11.1 Å². The van der Waals surface area contributed by atoms with Crippen LogP contribution in [0.4, 0.5) is 10.1 Å². The molecule has 0 saturated heterocycles. The molecule has 5 heteroatoms. The minimum absolute atomic E-state index is 0.132. The fraction of sp³-hybridized carbons (Fsp3) is 0.154. The van der Waals surface area contributed by atoms with Crippen LogP contribution in [-0.2, 0) is 0 Å². The zero-order valence-electron chi connectivity index (χ0n) is 9.68. The van der Waals surface area contributed by atoms with Crippen LogP contribution >= 0.6 is 0 Å². The summed E-state index contributed by atoms with van der Waals surface area (Å²) in [6.07, 6.45) is 1.56. The summed E-state index contributed by atoms with van der Waals surface area (Å²) in [5.41, 5.74) is 0.171. The molecule has 4 nitrogen and oxygen atoms in total. The molecule has 0 fully saturated rings. The second-order valence-corrected chi connectivity index (χ2v) is 3.88. The van der Waals surface area contributed by atoms with E-state index in [2.05, 4.69) is 5.32 Å². The molecule has 0 aliphatic rings. The van der Waals surface area contributed by atoms with Gasteiger partial charge in [-0.25, -0.2) is 9.18 Å². The first-order valence-electron chi connectivity index (χ1n) is 5.40. The maximum Gasteiger partial charge on any atom is 0.338 e. The van der Waals surface area contributed by atoms with E-state index in [1.165, 1.54) is 12.1 Å². The third-order valence-corrected chi connectivity index (χ3v) is 2.55. The van der Waals surface area contributed by atoms with Gasteiger partial charge >= 0.3 is 5.97 Å². The molecule has 0 saturated carbocycles. The molecule has 1 aromatic heterocycles. The van der Waals surface area contributed by atoms with Crippen molar-refractivity contribution in [2.24, 2.45) is 0 Å². The number of carboxylic acid groups (broad SMARTS) is 1. The first-order chi connectivity index (χ1) is 8.58. The van der Waals surface area contributed by atoms with Crippen molar-refractivity contribution >= 4 is 11.7 Å². The Hall–Kier alpha value is -2.30. The topological polar surface area (TPSA) is 62.5 Å². The number of nitrogens with one attached hydrogen (secondary N) is 1. The van der Waals surface area contributed by atoms with E-state index in [-0.39, 0.29) is 11.6 Å². The van der Waals surface area contributed by atoms with E-state index < -0.39 is 11.8 Å². The van der Waals surface area contributed by atoms with E-state index in [1.54, 1.807) is 18.4 Å². The second kappa shape index (κ2) is 4.91. The van der Waals surface area contributed by atoms with Gasteiger partial charge in [-0.3, -0.25) is 0 Å². The highest BCUT2D eigenvalue weighted by molar-refractivity contribution is 5.89. The summed E-state index contributed by atoms with van der Waals surface area (Å²) in [5.74, 6) is -1.32. The number of carboxylic acids is 1. The molecule has 2 N–H and O–H groups in total. The van der Waals surface area contributed by atoms with E-state index in [1.807, 2.05) is 6.92 Å². The second-order valence-electron chi connectivity index (χ2n) is 3.88. The Labute approximate surface area is 103 Å². The van der Waals surface area contributed by atoms with Gasteiger partial charge in [0, 0.05) is 5.69 Å². The largest absolute Gasteiger partial charge is 0.478 e. The molecule has 0 aliphatic carbocycles. The van der Waals surface area contributed by atoms with Crippen LogP contribution in [0.1, 0.15) is 29.1 Å². The van der Waals surface area contributed by atoms with Crippen molar-refractivity contribution in [1.29, 1.82) is 0 Å². The lowest BCUT2D eigenvalue weighted by Crippen LogP contribution is -2.07. The molecular weight excluding hydrogens is 237 g/mol. The van der Waals surface area contributed by atoms with Gasteiger partial charge in [0.05, 0.1) is 17.9 Å². The van der Waals surface area contributed by atoms with E-state index in [0.717, 1.165) is 11.8 Å². The standard InChI is InChI=1S/C13H12FNO3/c1-8(12-3-2-6-18-12)15-9-4-5-11(14)10(7-9)13(16)17/h2-8,15H,1H3,(H,16,17). The van der Waals surface area contributed by atoms with E-state index in [4.69, 9.17) is 9.52 Å². The zero-order chi connectivity index (χ0) is 13.1. The normalized spacial score (nSPS) is 12.1. The van der Waals surface area contributed by atoms with E-state index in [9.17, 15) is 9.18 Å². The molecule has 0 amide bonds. The number of hydrogen-bond acceptors (Lipinski definition) is 3. The number of benzene rings is 1. The van der Waals surface area contributed by atoms with Gasteiger partial charge in [0.15, 0.2) is 0 Å². The van der Waals surface area contributed by atoms with Crippen LogP contribution in [0.3, 0.4) is 0 Å². The highest BCUT2D eigenvalue weighted by Crippen LogP contribution is 2.21. The fourth-order valence-electron chi connectivity index (χ4n) is 1.64. The summed E-state index contributed by atoms with van der Waals surface area (Å²) >= 11 is 0. The van der Waals surface area contributed by atoms with E-state index in [0.29, 0.717) is 5.69 Å². The lowest BCUT2D eigenvalue weighted by Gasteiger charge is -2.13. The molecule has 18 heavy (non-hydrogen) atoms. The summed E-state index contributed by atoms with van der Waals surface area (Å²) in [4.78, 5) is 10.8. The summed E-state index contributed by atoms with van der Waals surface area (Å²) in [6, 6.07) is 7.31. The maximum atomic E-state index is 13.2. The number of rotatable bonds is 4. The summed E-state index contributed by atoms with van der Waals surface area (Å²) in [6.45, 7) is 1.86. The molecule has 94 valence electrons. The number of anilines is 1. The predicted octanol–water partition coefficient (Wildman–Crippen LogP) is 3.29. The van der Waals surface area contributed by atoms with Crippen molar-refractivity contribution < 1.29 is 18.7 Å².